The molecule has 1 aliphatic rings. The predicted molar refractivity (Wildman–Crippen MR) is 83.8 cm³/mol. The van der Waals surface area contributed by atoms with Crippen molar-refractivity contribution >= 4 is 5.91 Å². The van der Waals surface area contributed by atoms with Gasteiger partial charge in [0.05, 0.1) is 6.04 Å². The van der Waals surface area contributed by atoms with Gasteiger partial charge in [0.1, 0.15) is 5.82 Å². The standard InChI is InChI=1S/C18H18FNO3/c1-12(14-4-6-15(19)7-5-14)20-18(21)9-3-13-2-8-16-17(10-13)23-11-22-16/h2,4-8,10,12H,3,9,11H2,1H3,(H,20,21)/t12-/m0/s1. The summed E-state index contributed by atoms with van der Waals surface area (Å²) < 4.78 is 23.5. The maximum atomic E-state index is 12.9. The van der Waals surface area contributed by atoms with E-state index in [1.807, 2.05) is 25.1 Å². The second-order valence-electron chi connectivity index (χ2n) is 5.53. The summed E-state index contributed by atoms with van der Waals surface area (Å²) in [6.45, 7) is 2.13. The summed E-state index contributed by atoms with van der Waals surface area (Å²) in [5.74, 6) is 1.14. The number of ether oxygens (including phenoxy) is 2. The highest BCUT2D eigenvalue weighted by Crippen LogP contribution is 2.32. The Bertz CT molecular complexity index is 700. The number of hydrogen-bond donors (Lipinski definition) is 1. The minimum absolute atomic E-state index is 0.0421. The van der Waals surface area contributed by atoms with Crippen molar-refractivity contribution in [3.63, 3.8) is 0 Å². The SMILES string of the molecule is C[C@H](NC(=O)CCc1ccc2c(c1)OCO2)c1ccc(F)cc1. The number of benzene rings is 2. The van der Waals surface area contributed by atoms with E-state index in [4.69, 9.17) is 9.47 Å². The number of amides is 1. The van der Waals surface area contributed by atoms with Crippen LogP contribution in [0.25, 0.3) is 0 Å². The minimum atomic E-state index is -0.282. The molecule has 1 heterocycles. The van der Waals surface area contributed by atoms with Crippen molar-refractivity contribution in [1.82, 2.24) is 5.32 Å². The van der Waals surface area contributed by atoms with Crippen LogP contribution in [0.1, 0.15) is 30.5 Å². The Hall–Kier alpha value is -2.56. The third-order valence-electron chi connectivity index (χ3n) is 3.83. The molecule has 0 saturated heterocycles. The highest BCUT2D eigenvalue weighted by atomic mass is 19.1. The highest BCUT2D eigenvalue weighted by molar-refractivity contribution is 5.76. The minimum Gasteiger partial charge on any atom is -0.454 e. The number of carbonyl (C=O) groups excluding carboxylic acids is 1. The Labute approximate surface area is 134 Å². The molecule has 2 aromatic rings. The summed E-state index contributed by atoms with van der Waals surface area (Å²) in [4.78, 5) is 12.1. The van der Waals surface area contributed by atoms with Gasteiger partial charge in [0.15, 0.2) is 11.5 Å². The third kappa shape index (κ3) is 3.80. The molecule has 3 rings (SSSR count). The lowest BCUT2D eigenvalue weighted by atomic mass is 10.1. The summed E-state index contributed by atoms with van der Waals surface area (Å²) in [5.41, 5.74) is 1.90. The molecular weight excluding hydrogens is 297 g/mol. The molecule has 0 unspecified atom stereocenters. The third-order valence-corrected chi connectivity index (χ3v) is 3.83. The number of fused-ring (bicyclic) bond motifs is 1. The van der Waals surface area contributed by atoms with Gasteiger partial charge in [0, 0.05) is 6.42 Å². The van der Waals surface area contributed by atoms with Gasteiger partial charge in [-0.25, -0.2) is 4.39 Å². The van der Waals surface area contributed by atoms with E-state index >= 15 is 0 Å². The molecule has 1 atom stereocenters. The number of aryl methyl sites for hydroxylation is 1. The summed E-state index contributed by atoms with van der Waals surface area (Å²) in [5, 5.41) is 2.92. The Morgan fingerprint density at radius 1 is 1.17 bits per heavy atom. The normalized spacial score (nSPS) is 13.7. The first-order chi connectivity index (χ1) is 11.1. The first-order valence-electron chi connectivity index (χ1n) is 7.55. The summed E-state index contributed by atoms with van der Waals surface area (Å²) >= 11 is 0. The first-order valence-corrected chi connectivity index (χ1v) is 7.55. The Morgan fingerprint density at radius 2 is 1.91 bits per heavy atom. The van der Waals surface area contributed by atoms with Crippen LogP contribution >= 0.6 is 0 Å². The van der Waals surface area contributed by atoms with E-state index in [2.05, 4.69) is 5.32 Å². The quantitative estimate of drug-likeness (QED) is 0.920. The van der Waals surface area contributed by atoms with E-state index in [1.165, 1.54) is 12.1 Å². The van der Waals surface area contributed by atoms with Crippen LogP contribution < -0.4 is 14.8 Å². The maximum absolute atomic E-state index is 12.9. The molecule has 120 valence electrons. The number of halogens is 1. The Morgan fingerprint density at radius 3 is 2.70 bits per heavy atom. The fourth-order valence-corrected chi connectivity index (χ4v) is 2.50. The number of rotatable bonds is 5. The topological polar surface area (TPSA) is 47.6 Å². The smallest absolute Gasteiger partial charge is 0.231 e. The zero-order valence-corrected chi connectivity index (χ0v) is 12.8. The molecule has 0 fully saturated rings. The van der Waals surface area contributed by atoms with Gasteiger partial charge < -0.3 is 14.8 Å². The molecule has 0 saturated carbocycles. The molecule has 5 heteroatoms. The zero-order valence-electron chi connectivity index (χ0n) is 12.8. The van der Waals surface area contributed by atoms with Crippen molar-refractivity contribution in [1.29, 1.82) is 0 Å². The molecular formula is C18H18FNO3. The molecule has 0 radical (unpaired) electrons. The summed E-state index contributed by atoms with van der Waals surface area (Å²) in [7, 11) is 0. The highest BCUT2D eigenvalue weighted by Gasteiger charge is 2.14. The van der Waals surface area contributed by atoms with E-state index in [9.17, 15) is 9.18 Å². The molecule has 0 spiro atoms. The second kappa shape index (κ2) is 6.69. The average Bonchev–Trinajstić information content (AvgIpc) is 3.01. The molecule has 0 aromatic heterocycles. The van der Waals surface area contributed by atoms with Gasteiger partial charge in [-0.15, -0.1) is 0 Å². The molecule has 23 heavy (non-hydrogen) atoms. The van der Waals surface area contributed by atoms with Crippen molar-refractivity contribution in [3.05, 3.63) is 59.4 Å². The fraction of sp³-hybridized carbons (Fsp3) is 0.278. The van der Waals surface area contributed by atoms with Gasteiger partial charge in [0.25, 0.3) is 0 Å². The van der Waals surface area contributed by atoms with Crippen molar-refractivity contribution in [2.24, 2.45) is 0 Å². The maximum Gasteiger partial charge on any atom is 0.231 e. The van der Waals surface area contributed by atoms with Crippen molar-refractivity contribution < 1.29 is 18.7 Å². The summed E-state index contributed by atoms with van der Waals surface area (Å²) in [6, 6.07) is 11.7. The van der Waals surface area contributed by atoms with Crippen LogP contribution in [0.15, 0.2) is 42.5 Å². The summed E-state index contributed by atoms with van der Waals surface area (Å²) in [6.07, 6.45) is 1.00. The van der Waals surface area contributed by atoms with Crippen molar-refractivity contribution in [2.45, 2.75) is 25.8 Å². The van der Waals surface area contributed by atoms with Crippen LogP contribution in [0.2, 0.25) is 0 Å². The predicted octanol–water partition coefficient (Wildman–Crippen LogP) is 3.36. The van der Waals surface area contributed by atoms with Crippen LogP contribution in [0.5, 0.6) is 11.5 Å². The van der Waals surface area contributed by atoms with E-state index in [1.54, 1.807) is 12.1 Å². The van der Waals surface area contributed by atoms with Crippen LogP contribution in [0.4, 0.5) is 4.39 Å². The van der Waals surface area contributed by atoms with Crippen LogP contribution in [-0.2, 0) is 11.2 Å². The Kier molecular flexibility index (Phi) is 4.46. The van der Waals surface area contributed by atoms with Gasteiger partial charge in [-0.1, -0.05) is 18.2 Å². The second-order valence-corrected chi connectivity index (χ2v) is 5.53. The molecule has 0 bridgehead atoms. The van der Waals surface area contributed by atoms with Gasteiger partial charge in [-0.05, 0) is 48.7 Å². The van der Waals surface area contributed by atoms with E-state index in [0.717, 1.165) is 22.6 Å². The number of carbonyl (C=O) groups is 1. The van der Waals surface area contributed by atoms with E-state index < -0.39 is 0 Å². The largest absolute Gasteiger partial charge is 0.454 e. The van der Waals surface area contributed by atoms with Crippen LogP contribution in [0, 0.1) is 5.82 Å². The molecule has 1 amide bonds. The van der Waals surface area contributed by atoms with E-state index in [0.29, 0.717) is 12.8 Å². The van der Waals surface area contributed by atoms with Crippen molar-refractivity contribution in [3.8, 4) is 11.5 Å². The number of hydrogen-bond acceptors (Lipinski definition) is 3. The van der Waals surface area contributed by atoms with E-state index in [-0.39, 0.29) is 24.6 Å². The first kappa shape index (κ1) is 15.3. The molecule has 1 aliphatic heterocycles. The van der Waals surface area contributed by atoms with Crippen LogP contribution in [-0.4, -0.2) is 12.7 Å². The lowest BCUT2D eigenvalue weighted by molar-refractivity contribution is -0.121. The Balaban J connectivity index is 1.52. The molecule has 4 nitrogen and oxygen atoms in total. The monoisotopic (exact) mass is 315 g/mol. The number of nitrogens with one attached hydrogen (secondary N) is 1. The van der Waals surface area contributed by atoms with Gasteiger partial charge >= 0.3 is 0 Å². The van der Waals surface area contributed by atoms with Crippen LogP contribution in [0.3, 0.4) is 0 Å². The van der Waals surface area contributed by atoms with Gasteiger partial charge in [-0.2, -0.15) is 0 Å². The molecule has 0 aliphatic carbocycles. The lowest BCUT2D eigenvalue weighted by Crippen LogP contribution is -2.26. The fourth-order valence-electron chi connectivity index (χ4n) is 2.50. The van der Waals surface area contributed by atoms with Crippen molar-refractivity contribution in [2.75, 3.05) is 6.79 Å². The zero-order chi connectivity index (χ0) is 16.2. The molecule has 2 aromatic carbocycles. The van der Waals surface area contributed by atoms with Gasteiger partial charge in [0.2, 0.25) is 12.7 Å². The average molecular weight is 315 g/mol. The molecule has 1 N–H and O–H groups in total. The lowest BCUT2D eigenvalue weighted by Gasteiger charge is -2.14. The van der Waals surface area contributed by atoms with Gasteiger partial charge in [-0.3, -0.25) is 4.79 Å².